The Balaban J connectivity index is 1.28. The molecule has 9 nitrogen and oxygen atoms in total. The third kappa shape index (κ3) is 7.42. The van der Waals surface area contributed by atoms with Gasteiger partial charge in [0.25, 0.3) is 5.91 Å². The van der Waals surface area contributed by atoms with Gasteiger partial charge in [0, 0.05) is 43.1 Å². The molecule has 1 saturated heterocycles. The van der Waals surface area contributed by atoms with Crippen molar-refractivity contribution >= 4 is 23.8 Å². The number of carbonyl (C=O) groups excluding carboxylic acids is 4. The molecule has 4 rings (SSSR count). The third-order valence-corrected chi connectivity index (χ3v) is 7.71. The van der Waals surface area contributed by atoms with Crippen LogP contribution in [0.2, 0.25) is 0 Å². The van der Waals surface area contributed by atoms with Gasteiger partial charge in [0.1, 0.15) is 11.6 Å². The highest BCUT2D eigenvalue weighted by Gasteiger charge is 2.39. The second-order valence-electron chi connectivity index (χ2n) is 12.0. The fourth-order valence-electron chi connectivity index (χ4n) is 5.55. The van der Waals surface area contributed by atoms with Crippen LogP contribution in [0.15, 0.2) is 18.2 Å². The summed E-state index contributed by atoms with van der Waals surface area (Å²) < 4.78 is 11.5. The van der Waals surface area contributed by atoms with Gasteiger partial charge in [0.15, 0.2) is 0 Å². The molecule has 2 fully saturated rings. The maximum Gasteiger partial charge on any atom is 0.410 e. The lowest BCUT2D eigenvalue weighted by atomic mass is 9.87. The number of benzene rings is 1. The summed E-state index contributed by atoms with van der Waals surface area (Å²) in [7, 11) is 0. The van der Waals surface area contributed by atoms with Gasteiger partial charge >= 0.3 is 6.09 Å². The number of fused-ring (bicyclic) bond motifs is 1. The molecule has 1 atom stereocenters. The van der Waals surface area contributed by atoms with Crippen molar-refractivity contribution < 1.29 is 28.7 Å². The van der Waals surface area contributed by atoms with E-state index in [4.69, 9.17) is 9.47 Å². The highest BCUT2D eigenvalue weighted by molar-refractivity contribution is 6.05. The summed E-state index contributed by atoms with van der Waals surface area (Å²) >= 11 is 0. The highest BCUT2D eigenvalue weighted by Crippen LogP contribution is 2.30. The van der Waals surface area contributed by atoms with E-state index in [1.54, 1.807) is 12.1 Å². The van der Waals surface area contributed by atoms with Gasteiger partial charge in [-0.1, -0.05) is 24.8 Å². The summed E-state index contributed by atoms with van der Waals surface area (Å²) in [6.07, 6.45) is 4.96. The topological polar surface area (TPSA) is 105 Å². The van der Waals surface area contributed by atoms with Crippen molar-refractivity contribution in [1.29, 1.82) is 0 Å². The molecule has 2 heterocycles. The first kappa shape index (κ1) is 29.6. The van der Waals surface area contributed by atoms with Crippen LogP contribution in [0.4, 0.5) is 4.79 Å². The molecule has 0 bridgehead atoms. The predicted molar refractivity (Wildman–Crippen MR) is 149 cm³/mol. The quantitative estimate of drug-likeness (QED) is 0.312. The second kappa shape index (κ2) is 12.9. The van der Waals surface area contributed by atoms with Gasteiger partial charge in [-0.25, -0.2) is 4.79 Å². The van der Waals surface area contributed by atoms with Crippen LogP contribution in [0.5, 0.6) is 0 Å². The molecular weight excluding hydrogens is 510 g/mol. The Morgan fingerprint density at radius 2 is 1.85 bits per heavy atom. The molecule has 1 saturated carbocycles. The molecule has 9 heteroatoms. The van der Waals surface area contributed by atoms with Crippen LogP contribution in [-0.4, -0.2) is 71.1 Å². The Morgan fingerprint density at radius 1 is 1.10 bits per heavy atom. The fraction of sp³-hybridized carbons (Fsp3) is 0.613. The number of imide groups is 1. The van der Waals surface area contributed by atoms with Crippen LogP contribution >= 0.6 is 0 Å². The number of carbonyl (C=O) groups is 4. The predicted octanol–water partition coefficient (Wildman–Crippen LogP) is 4.02. The highest BCUT2D eigenvalue weighted by atomic mass is 16.6. The number of nitrogens with zero attached hydrogens (tertiary/aromatic N) is 2. The first-order valence-electron chi connectivity index (χ1n) is 14.4. The van der Waals surface area contributed by atoms with E-state index in [1.807, 2.05) is 31.7 Å². The minimum absolute atomic E-state index is 0.178. The molecule has 0 spiro atoms. The van der Waals surface area contributed by atoms with Gasteiger partial charge in [-0.15, -0.1) is 0 Å². The number of hydrogen-bond acceptors (Lipinski definition) is 6. The summed E-state index contributed by atoms with van der Waals surface area (Å²) in [4.78, 5) is 53.1. The van der Waals surface area contributed by atoms with Gasteiger partial charge < -0.3 is 19.3 Å². The molecule has 40 heavy (non-hydrogen) atoms. The number of amides is 4. The monoisotopic (exact) mass is 551 g/mol. The van der Waals surface area contributed by atoms with Crippen LogP contribution < -0.4 is 5.32 Å². The van der Waals surface area contributed by atoms with Crippen molar-refractivity contribution in [1.82, 2.24) is 15.1 Å². The molecule has 1 aromatic rings. The lowest BCUT2D eigenvalue weighted by Gasteiger charge is -2.37. The first-order chi connectivity index (χ1) is 19.0. The normalized spacial score (nSPS) is 22.8. The molecule has 4 amide bonds. The lowest BCUT2D eigenvalue weighted by molar-refractivity contribution is -0.136. The standard InChI is InChI=1S/C31H41N3O6/c1-21-11-13-23(14-12-21)33(30(38)40-31(2,3)4)17-19-39-18-6-5-8-22-9-7-10-24-25(22)20-34(29(24)37)26-15-16-27(35)32-28(26)36/h7,9-10,21,23,26H,6,11-20H2,1-4H3,(H,32,35,36)/t21-,23+,26?. The van der Waals surface area contributed by atoms with Gasteiger partial charge in [-0.3, -0.25) is 19.7 Å². The van der Waals surface area contributed by atoms with Crippen molar-refractivity contribution in [3.63, 3.8) is 0 Å². The third-order valence-electron chi connectivity index (χ3n) is 7.71. The van der Waals surface area contributed by atoms with Crippen LogP contribution in [-0.2, 0) is 25.6 Å². The number of ether oxygens (including phenoxy) is 2. The Morgan fingerprint density at radius 3 is 2.55 bits per heavy atom. The molecule has 2 aliphatic heterocycles. The lowest BCUT2D eigenvalue weighted by Crippen LogP contribution is -2.52. The fourth-order valence-corrected chi connectivity index (χ4v) is 5.55. The van der Waals surface area contributed by atoms with E-state index >= 15 is 0 Å². The van der Waals surface area contributed by atoms with Gasteiger partial charge in [0.2, 0.25) is 11.8 Å². The van der Waals surface area contributed by atoms with Crippen LogP contribution in [0, 0.1) is 17.8 Å². The molecule has 216 valence electrons. The Bertz CT molecular complexity index is 1190. The van der Waals surface area contributed by atoms with Gasteiger partial charge in [0.05, 0.1) is 13.2 Å². The Hall–Kier alpha value is -3.38. The number of nitrogens with one attached hydrogen (secondary N) is 1. The average Bonchev–Trinajstić information content (AvgIpc) is 3.22. The maximum atomic E-state index is 13.0. The summed E-state index contributed by atoms with van der Waals surface area (Å²) in [6.45, 7) is 9.50. The Kier molecular flexibility index (Phi) is 9.52. The second-order valence-corrected chi connectivity index (χ2v) is 12.0. The molecule has 1 aliphatic carbocycles. The average molecular weight is 552 g/mol. The summed E-state index contributed by atoms with van der Waals surface area (Å²) in [5.41, 5.74) is 1.56. The van der Waals surface area contributed by atoms with E-state index in [0.717, 1.165) is 36.8 Å². The number of hydrogen-bond donors (Lipinski definition) is 1. The zero-order valence-corrected chi connectivity index (χ0v) is 24.1. The minimum atomic E-state index is -0.649. The van der Waals surface area contributed by atoms with Crippen molar-refractivity contribution in [2.75, 3.05) is 19.8 Å². The number of rotatable bonds is 7. The summed E-state index contributed by atoms with van der Waals surface area (Å²) in [5, 5.41) is 2.33. The van der Waals surface area contributed by atoms with Crippen molar-refractivity contribution in [3.05, 3.63) is 34.9 Å². The van der Waals surface area contributed by atoms with Crippen molar-refractivity contribution in [3.8, 4) is 11.8 Å². The van der Waals surface area contributed by atoms with E-state index in [0.29, 0.717) is 50.6 Å². The van der Waals surface area contributed by atoms with Gasteiger partial charge in [-0.2, -0.15) is 0 Å². The summed E-state index contributed by atoms with van der Waals surface area (Å²) in [5.74, 6) is 6.04. The van der Waals surface area contributed by atoms with Crippen molar-refractivity contribution in [2.24, 2.45) is 5.92 Å². The zero-order valence-electron chi connectivity index (χ0n) is 24.1. The largest absolute Gasteiger partial charge is 0.444 e. The van der Waals surface area contributed by atoms with E-state index in [-0.39, 0.29) is 30.4 Å². The van der Waals surface area contributed by atoms with E-state index in [9.17, 15) is 19.2 Å². The number of piperidine rings is 1. The first-order valence-corrected chi connectivity index (χ1v) is 14.4. The molecule has 3 aliphatic rings. The molecule has 1 unspecified atom stereocenters. The van der Waals surface area contributed by atoms with Gasteiger partial charge in [-0.05, 0) is 76.5 Å². The molecule has 1 N–H and O–H groups in total. The molecule has 0 radical (unpaired) electrons. The van der Waals surface area contributed by atoms with Crippen molar-refractivity contribution in [2.45, 2.75) is 96.9 Å². The van der Waals surface area contributed by atoms with E-state index in [1.165, 1.54) is 4.90 Å². The minimum Gasteiger partial charge on any atom is -0.444 e. The Labute approximate surface area is 236 Å². The maximum absolute atomic E-state index is 13.0. The van der Waals surface area contributed by atoms with Crippen LogP contribution in [0.1, 0.15) is 94.1 Å². The SMILES string of the molecule is CC(C)(C)OC(=O)N(CCOCCC#Cc1cccc2c1CN(C1CCC(=O)NC1=O)C2=O)[C@H]1CC[C@@H](C)CC1. The molecular formula is C31H41N3O6. The van der Waals surface area contributed by atoms with Crippen LogP contribution in [0.25, 0.3) is 0 Å². The van der Waals surface area contributed by atoms with E-state index < -0.39 is 17.6 Å². The molecule has 0 aromatic heterocycles. The van der Waals surface area contributed by atoms with Crippen LogP contribution in [0.3, 0.4) is 0 Å². The smallest absolute Gasteiger partial charge is 0.410 e. The zero-order chi connectivity index (χ0) is 28.9. The molecule has 1 aromatic carbocycles. The van der Waals surface area contributed by atoms with E-state index in [2.05, 4.69) is 24.1 Å². The summed E-state index contributed by atoms with van der Waals surface area (Å²) in [6, 6.07) is 4.95.